The Morgan fingerprint density at radius 1 is 1.15 bits per heavy atom. The van der Waals surface area contributed by atoms with E-state index < -0.39 is 67.0 Å². The Morgan fingerprint density at radius 3 is 2.18 bits per heavy atom. The number of alkyl halides is 3. The Balaban J connectivity index is 2.28. The lowest BCUT2D eigenvalue weighted by molar-refractivity contribution is -0.141. The number of nitrogens with zero attached hydrogens (tertiary/aromatic N) is 1. The summed E-state index contributed by atoms with van der Waals surface area (Å²) in [6, 6.07) is 1.50. The van der Waals surface area contributed by atoms with Gasteiger partial charge >= 0.3 is 6.18 Å². The highest BCUT2D eigenvalue weighted by atomic mass is 32.2. The van der Waals surface area contributed by atoms with E-state index in [1.54, 1.807) is 13.8 Å². The number of hydrogen-bond acceptors (Lipinski definition) is 6. The van der Waals surface area contributed by atoms with Crippen LogP contribution < -0.4 is 14.8 Å². The number of amides is 1. The fraction of sp³-hybridized carbons (Fsp3) is 0.478. The van der Waals surface area contributed by atoms with Gasteiger partial charge in [-0.1, -0.05) is 26.8 Å². The molecule has 1 aromatic heterocycles. The van der Waals surface area contributed by atoms with E-state index in [9.17, 15) is 39.2 Å². The van der Waals surface area contributed by atoms with Crippen molar-refractivity contribution in [2.75, 3.05) is 19.1 Å². The highest BCUT2D eigenvalue weighted by molar-refractivity contribution is 7.89. The molecule has 1 amide bonds. The van der Waals surface area contributed by atoms with Crippen molar-refractivity contribution >= 4 is 31.8 Å². The molecule has 0 aliphatic heterocycles. The van der Waals surface area contributed by atoms with Crippen molar-refractivity contribution in [2.24, 2.45) is 5.92 Å². The van der Waals surface area contributed by atoms with Crippen molar-refractivity contribution in [3.8, 4) is 0 Å². The molecule has 0 radical (unpaired) electrons. The molecule has 1 aromatic rings. The first-order valence-corrected chi connectivity index (χ1v) is 15.3. The fourth-order valence-electron chi connectivity index (χ4n) is 3.82. The van der Waals surface area contributed by atoms with Crippen molar-refractivity contribution in [1.82, 2.24) is 19.7 Å². The maximum atomic E-state index is 15.2. The van der Waals surface area contributed by atoms with Crippen LogP contribution in [0.5, 0.6) is 0 Å². The molecule has 0 saturated heterocycles. The van der Waals surface area contributed by atoms with Gasteiger partial charge in [0, 0.05) is 24.1 Å². The third-order valence-electron chi connectivity index (χ3n) is 5.80. The Hall–Kier alpha value is -2.69. The molecule has 0 bridgehead atoms. The molecular weight excluding hydrogens is 571 g/mol. The number of hydrogen-bond donors (Lipinski definition) is 3. The van der Waals surface area contributed by atoms with Gasteiger partial charge < -0.3 is 5.32 Å². The summed E-state index contributed by atoms with van der Waals surface area (Å²) in [5.41, 5.74) is -3.89. The SMILES string of the molecule is CCC(C)c1nc(C(F)(F)F)ccc1C(F)=CC(=O)NCC1=C[C@@H](C)C(NS(C)(=O)=O)(NS(C)(=O)=O)C(F)=C1. The summed E-state index contributed by atoms with van der Waals surface area (Å²) < 4.78 is 121. The molecule has 3 N–H and O–H groups in total. The Kier molecular flexibility index (Phi) is 9.85. The van der Waals surface area contributed by atoms with Gasteiger partial charge in [-0.2, -0.15) is 22.6 Å². The van der Waals surface area contributed by atoms with E-state index in [-0.39, 0.29) is 23.4 Å². The molecule has 0 saturated carbocycles. The van der Waals surface area contributed by atoms with Crippen LogP contribution in [0.25, 0.3) is 5.83 Å². The van der Waals surface area contributed by atoms with Crippen molar-refractivity contribution in [3.05, 3.63) is 58.7 Å². The summed E-state index contributed by atoms with van der Waals surface area (Å²) >= 11 is 0. The van der Waals surface area contributed by atoms with Crippen molar-refractivity contribution in [3.63, 3.8) is 0 Å². The van der Waals surface area contributed by atoms with Gasteiger partial charge in [-0.05, 0) is 36.1 Å². The molecule has 1 heterocycles. The van der Waals surface area contributed by atoms with E-state index in [2.05, 4.69) is 10.3 Å². The largest absolute Gasteiger partial charge is 0.433 e. The lowest BCUT2D eigenvalue weighted by atomic mass is 9.87. The summed E-state index contributed by atoms with van der Waals surface area (Å²) in [5, 5.41) is 2.30. The van der Waals surface area contributed by atoms with Crippen LogP contribution >= 0.6 is 0 Å². The summed E-state index contributed by atoms with van der Waals surface area (Å²) in [6.07, 6.45) is -0.302. The van der Waals surface area contributed by atoms with Crippen LogP contribution in [0.15, 0.2) is 41.8 Å². The Bertz CT molecular complexity index is 1390. The molecule has 218 valence electrons. The number of pyridine rings is 1. The van der Waals surface area contributed by atoms with E-state index in [0.29, 0.717) is 18.6 Å². The average molecular weight is 601 g/mol. The molecule has 2 rings (SSSR count). The van der Waals surface area contributed by atoms with Crippen LogP contribution in [0, 0.1) is 5.92 Å². The van der Waals surface area contributed by atoms with Crippen molar-refractivity contribution < 1.29 is 43.6 Å². The Labute approximate surface area is 223 Å². The molecule has 1 aliphatic rings. The minimum atomic E-state index is -4.74. The first-order chi connectivity index (χ1) is 17.7. The Morgan fingerprint density at radius 2 is 1.72 bits per heavy atom. The predicted octanol–water partition coefficient (Wildman–Crippen LogP) is 3.26. The maximum absolute atomic E-state index is 15.2. The third-order valence-corrected chi connectivity index (χ3v) is 7.19. The average Bonchev–Trinajstić information content (AvgIpc) is 2.77. The fourth-order valence-corrected chi connectivity index (χ4v) is 5.73. The lowest BCUT2D eigenvalue weighted by Gasteiger charge is -2.39. The number of rotatable bonds is 10. The van der Waals surface area contributed by atoms with E-state index in [1.807, 2.05) is 9.44 Å². The number of carbonyl (C=O) groups is 1. The predicted molar refractivity (Wildman–Crippen MR) is 135 cm³/mol. The van der Waals surface area contributed by atoms with Gasteiger partial charge in [0.1, 0.15) is 17.3 Å². The molecule has 39 heavy (non-hydrogen) atoms. The van der Waals surface area contributed by atoms with Gasteiger partial charge in [-0.15, -0.1) is 0 Å². The van der Waals surface area contributed by atoms with E-state index in [4.69, 9.17) is 0 Å². The van der Waals surface area contributed by atoms with E-state index in [0.717, 1.165) is 24.7 Å². The number of sulfonamides is 2. The molecule has 0 spiro atoms. The van der Waals surface area contributed by atoms with Crippen LogP contribution in [0.1, 0.15) is 50.1 Å². The summed E-state index contributed by atoms with van der Waals surface area (Å²) in [5.74, 6) is -4.99. The summed E-state index contributed by atoms with van der Waals surface area (Å²) in [7, 11) is -8.20. The number of carbonyl (C=O) groups excluding carboxylic acids is 1. The lowest BCUT2D eigenvalue weighted by Crippen LogP contribution is -2.64. The van der Waals surface area contributed by atoms with E-state index >= 15 is 4.39 Å². The summed E-state index contributed by atoms with van der Waals surface area (Å²) in [4.78, 5) is 15.9. The van der Waals surface area contributed by atoms with Crippen LogP contribution in [-0.2, 0) is 31.0 Å². The van der Waals surface area contributed by atoms with Gasteiger partial charge in [-0.3, -0.25) is 4.79 Å². The topological polar surface area (TPSA) is 134 Å². The van der Waals surface area contributed by atoms with Gasteiger partial charge in [0.15, 0.2) is 5.66 Å². The highest BCUT2D eigenvalue weighted by Crippen LogP contribution is 2.34. The number of aromatic nitrogens is 1. The zero-order valence-corrected chi connectivity index (χ0v) is 23.3. The van der Waals surface area contributed by atoms with Crippen LogP contribution in [-0.4, -0.2) is 52.4 Å². The first-order valence-electron chi connectivity index (χ1n) is 11.5. The third kappa shape index (κ3) is 8.65. The molecule has 1 aliphatic carbocycles. The minimum absolute atomic E-state index is 0.111. The van der Waals surface area contributed by atoms with Gasteiger partial charge in [0.2, 0.25) is 26.0 Å². The first kappa shape index (κ1) is 32.5. The quantitative estimate of drug-likeness (QED) is 0.215. The second-order valence-electron chi connectivity index (χ2n) is 9.23. The molecule has 0 fully saturated rings. The van der Waals surface area contributed by atoms with Crippen molar-refractivity contribution in [1.29, 1.82) is 0 Å². The van der Waals surface area contributed by atoms with Crippen LogP contribution in [0.4, 0.5) is 22.0 Å². The standard InChI is InChI=1S/C23H29F5N4O5S2/c1-6-13(2)21-16(7-8-19(30-21)23(26,27)28)17(24)11-20(33)29-12-15-9-14(3)22(18(25)10-15,31-38(4,34)35)32-39(5,36)37/h7-11,13-14,31-32H,6,12H2,1-5H3,(H,29,33)/t13?,14-/m1/s1. The van der Waals surface area contributed by atoms with Crippen LogP contribution in [0.2, 0.25) is 0 Å². The second-order valence-corrected chi connectivity index (χ2v) is 12.7. The zero-order valence-electron chi connectivity index (χ0n) is 21.7. The molecule has 0 aromatic carbocycles. The number of nitrogens with one attached hydrogen (secondary N) is 3. The van der Waals surface area contributed by atoms with E-state index in [1.165, 1.54) is 13.0 Å². The monoisotopic (exact) mass is 600 g/mol. The molecule has 1 unspecified atom stereocenters. The maximum Gasteiger partial charge on any atom is 0.433 e. The minimum Gasteiger partial charge on any atom is -0.348 e. The molecule has 9 nitrogen and oxygen atoms in total. The zero-order chi connectivity index (χ0) is 30.0. The second kappa shape index (κ2) is 11.8. The van der Waals surface area contributed by atoms with Gasteiger partial charge in [0.05, 0.1) is 18.2 Å². The smallest absolute Gasteiger partial charge is 0.348 e. The van der Waals surface area contributed by atoms with Gasteiger partial charge in [0.25, 0.3) is 0 Å². The van der Waals surface area contributed by atoms with Crippen LogP contribution in [0.3, 0.4) is 0 Å². The molecule has 16 heteroatoms. The summed E-state index contributed by atoms with van der Waals surface area (Å²) in [6.45, 7) is 4.21. The van der Waals surface area contributed by atoms with Crippen molar-refractivity contribution in [2.45, 2.75) is 44.9 Å². The molecule has 2 atom stereocenters. The highest BCUT2D eigenvalue weighted by Gasteiger charge is 2.46. The van der Waals surface area contributed by atoms with Gasteiger partial charge in [-0.25, -0.2) is 30.6 Å². The number of halogens is 5. The normalized spacial score (nSPS) is 19.2. The molecular formula is C23H29F5N4O5S2.